The summed E-state index contributed by atoms with van der Waals surface area (Å²) < 4.78 is 39.4. The lowest BCUT2D eigenvalue weighted by Crippen LogP contribution is -2.49. The van der Waals surface area contributed by atoms with Gasteiger partial charge in [0.1, 0.15) is 0 Å². The molecule has 0 N–H and O–H groups in total. The molecule has 152 valence electrons. The van der Waals surface area contributed by atoms with E-state index in [2.05, 4.69) is 6.58 Å². The van der Waals surface area contributed by atoms with E-state index in [0.29, 0.717) is 26.2 Å². The zero-order valence-corrected chi connectivity index (χ0v) is 15.8. The largest absolute Gasteiger partial charge is 0.416 e. The standard InChI is InChI=1S/C21H25F3N2O2/c1-2-18(27)25-11-7-20(8-12-25)9-13-26(14-10-20)19(28)15-16-5-3-4-6-17(16)21(22,23)24/h2-6H,1,7-15H2. The van der Waals surface area contributed by atoms with E-state index < -0.39 is 11.7 Å². The Morgan fingerprint density at radius 2 is 1.54 bits per heavy atom. The lowest BCUT2D eigenvalue weighted by Gasteiger charge is -2.46. The third-order valence-electron chi connectivity index (χ3n) is 6.15. The quantitative estimate of drug-likeness (QED) is 0.734. The van der Waals surface area contributed by atoms with Crippen molar-refractivity contribution in [1.29, 1.82) is 0 Å². The second-order valence-electron chi connectivity index (χ2n) is 7.74. The van der Waals surface area contributed by atoms with Crippen LogP contribution >= 0.6 is 0 Å². The lowest BCUT2D eigenvalue weighted by atomic mass is 9.71. The van der Waals surface area contributed by atoms with Crippen LogP contribution in [0.5, 0.6) is 0 Å². The van der Waals surface area contributed by atoms with E-state index in [1.54, 1.807) is 9.80 Å². The molecule has 2 aliphatic rings. The topological polar surface area (TPSA) is 40.6 Å². The van der Waals surface area contributed by atoms with Crippen LogP contribution in [0.15, 0.2) is 36.9 Å². The molecular formula is C21H25F3N2O2. The fraction of sp³-hybridized carbons (Fsp3) is 0.524. The Morgan fingerprint density at radius 1 is 1.00 bits per heavy atom. The van der Waals surface area contributed by atoms with E-state index in [9.17, 15) is 22.8 Å². The number of likely N-dealkylation sites (tertiary alicyclic amines) is 2. The summed E-state index contributed by atoms with van der Waals surface area (Å²) in [5.41, 5.74) is -0.592. The number of hydrogen-bond acceptors (Lipinski definition) is 2. The number of alkyl halides is 3. The van der Waals surface area contributed by atoms with Crippen molar-refractivity contribution in [1.82, 2.24) is 9.80 Å². The number of halogens is 3. The summed E-state index contributed by atoms with van der Waals surface area (Å²) in [7, 11) is 0. The molecule has 1 aromatic carbocycles. The summed E-state index contributed by atoms with van der Waals surface area (Å²) in [6.07, 6.45) is 0.0879. The number of nitrogens with zero attached hydrogens (tertiary/aromatic N) is 2. The van der Waals surface area contributed by atoms with Gasteiger partial charge in [0.05, 0.1) is 12.0 Å². The van der Waals surface area contributed by atoms with Crippen molar-refractivity contribution in [3.05, 3.63) is 48.0 Å². The third-order valence-corrected chi connectivity index (χ3v) is 6.15. The first-order valence-corrected chi connectivity index (χ1v) is 9.58. The number of benzene rings is 1. The van der Waals surface area contributed by atoms with Gasteiger partial charge in [0.2, 0.25) is 11.8 Å². The first-order chi connectivity index (χ1) is 13.2. The van der Waals surface area contributed by atoms with Crippen molar-refractivity contribution in [3.8, 4) is 0 Å². The van der Waals surface area contributed by atoms with Gasteiger partial charge in [-0.2, -0.15) is 13.2 Å². The molecule has 2 aliphatic heterocycles. The van der Waals surface area contributed by atoms with E-state index in [4.69, 9.17) is 0 Å². The van der Waals surface area contributed by atoms with Crippen LogP contribution in [-0.2, 0) is 22.2 Å². The van der Waals surface area contributed by atoms with Crippen LogP contribution in [0.4, 0.5) is 13.2 Å². The SMILES string of the molecule is C=CC(=O)N1CCC2(CC1)CCN(C(=O)Cc1ccccc1C(F)(F)F)CC2. The molecule has 2 heterocycles. The maximum absolute atomic E-state index is 13.1. The highest BCUT2D eigenvalue weighted by atomic mass is 19.4. The molecule has 3 rings (SSSR count). The van der Waals surface area contributed by atoms with E-state index in [-0.39, 0.29) is 29.2 Å². The van der Waals surface area contributed by atoms with Crippen LogP contribution in [0.1, 0.15) is 36.8 Å². The zero-order chi connectivity index (χ0) is 20.4. The fourth-order valence-electron chi connectivity index (χ4n) is 4.29. The van der Waals surface area contributed by atoms with Crippen molar-refractivity contribution in [2.45, 2.75) is 38.3 Å². The number of carbonyl (C=O) groups is 2. The molecule has 2 saturated heterocycles. The van der Waals surface area contributed by atoms with Gasteiger partial charge in [0.25, 0.3) is 0 Å². The second kappa shape index (κ2) is 7.97. The average Bonchev–Trinajstić information content (AvgIpc) is 2.68. The van der Waals surface area contributed by atoms with Gasteiger partial charge in [-0.05, 0) is 48.8 Å². The van der Waals surface area contributed by atoms with E-state index in [1.807, 2.05) is 0 Å². The predicted molar refractivity (Wildman–Crippen MR) is 99.4 cm³/mol. The molecule has 4 nitrogen and oxygen atoms in total. The monoisotopic (exact) mass is 394 g/mol. The Hall–Kier alpha value is -2.31. The number of rotatable bonds is 3. The van der Waals surface area contributed by atoms with Gasteiger partial charge in [0, 0.05) is 26.2 Å². The Balaban J connectivity index is 1.57. The van der Waals surface area contributed by atoms with E-state index in [1.165, 1.54) is 24.3 Å². The molecular weight excluding hydrogens is 369 g/mol. The maximum Gasteiger partial charge on any atom is 0.416 e. The molecule has 0 saturated carbocycles. The minimum Gasteiger partial charge on any atom is -0.342 e. The Labute approximate surface area is 163 Å². The molecule has 0 aliphatic carbocycles. The minimum absolute atomic E-state index is 0.0246. The number of hydrogen-bond donors (Lipinski definition) is 0. The van der Waals surface area contributed by atoms with Crippen molar-refractivity contribution < 1.29 is 22.8 Å². The number of amides is 2. The number of carbonyl (C=O) groups excluding carboxylic acids is 2. The molecule has 2 amide bonds. The summed E-state index contributed by atoms with van der Waals surface area (Å²) in [5.74, 6) is -0.309. The molecule has 0 unspecified atom stereocenters. The van der Waals surface area contributed by atoms with Gasteiger partial charge in [-0.25, -0.2) is 0 Å². The molecule has 2 fully saturated rings. The van der Waals surface area contributed by atoms with Crippen molar-refractivity contribution in [2.24, 2.45) is 5.41 Å². The highest BCUT2D eigenvalue weighted by molar-refractivity contribution is 5.87. The van der Waals surface area contributed by atoms with Gasteiger partial charge in [-0.3, -0.25) is 9.59 Å². The van der Waals surface area contributed by atoms with Gasteiger partial charge in [-0.15, -0.1) is 0 Å². The molecule has 7 heteroatoms. The molecule has 1 spiro atoms. The second-order valence-corrected chi connectivity index (χ2v) is 7.74. The summed E-state index contributed by atoms with van der Waals surface area (Å²) in [5, 5.41) is 0. The van der Waals surface area contributed by atoms with Crippen molar-refractivity contribution in [2.75, 3.05) is 26.2 Å². The molecule has 0 atom stereocenters. The van der Waals surface area contributed by atoms with Crippen LogP contribution in [-0.4, -0.2) is 47.8 Å². The van der Waals surface area contributed by atoms with Crippen LogP contribution < -0.4 is 0 Å². The first kappa shape index (κ1) is 20.4. The predicted octanol–water partition coefficient (Wildman–Crippen LogP) is 3.67. The van der Waals surface area contributed by atoms with Crippen LogP contribution in [0.2, 0.25) is 0 Å². The Morgan fingerprint density at radius 3 is 2.07 bits per heavy atom. The Kier molecular flexibility index (Phi) is 5.82. The zero-order valence-electron chi connectivity index (χ0n) is 15.8. The maximum atomic E-state index is 13.1. The molecule has 0 radical (unpaired) electrons. The van der Waals surface area contributed by atoms with Crippen molar-refractivity contribution in [3.63, 3.8) is 0 Å². The molecule has 0 aromatic heterocycles. The van der Waals surface area contributed by atoms with Gasteiger partial charge in [0.15, 0.2) is 0 Å². The summed E-state index contributed by atoms with van der Waals surface area (Å²) in [4.78, 5) is 27.8. The summed E-state index contributed by atoms with van der Waals surface area (Å²) >= 11 is 0. The highest BCUT2D eigenvalue weighted by Crippen LogP contribution is 2.41. The smallest absolute Gasteiger partial charge is 0.342 e. The lowest BCUT2D eigenvalue weighted by molar-refractivity contribution is -0.139. The van der Waals surface area contributed by atoms with Crippen LogP contribution in [0.3, 0.4) is 0 Å². The van der Waals surface area contributed by atoms with Gasteiger partial charge in [-0.1, -0.05) is 24.8 Å². The van der Waals surface area contributed by atoms with E-state index in [0.717, 1.165) is 31.7 Å². The minimum atomic E-state index is -4.46. The van der Waals surface area contributed by atoms with Crippen molar-refractivity contribution >= 4 is 11.8 Å². The highest BCUT2D eigenvalue weighted by Gasteiger charge is 2.39. The average molecular weight is 394 g/mol. The van der Waals surface area contributed by atoms with Crippen LogP contribution in [0.25, 0.3) is 0 Å². The van der Waals surface area contributed by atoms with E-state index >= 15 is 0 Å². The molecule has 28 heavy (non-hydrogen) atoms. The normalized spacial score (nSPS) is 19.5. The fourth-order valence-corrected chi connectivity index (χ4v) is 4.29. The molecule has 1 aromatic rings. The third kappa shape index (κ3) is 4.39. The van der Waals surface area contributed by atoms with Gasteiger partial charge >= 0.3 is 6.18 Å². The van der Waals surface area contributed by atoms with Crippen LogP contribution in [0, 0.1) is 5.41 Å². The molecule has 0 bridgehead atoms. The summed E-state index contributed by atoms with van der Waals surface area (Å²) in [6.45, 7) is 6.02. The van der Waals surface area contributed by atoms with Gasteiger partial charge < -0.3 is 9.80 Å². The summed E-state index contributed by atoms with van der Waals surface area (Å²) in [6, 6.07) is 5.26. The first-order valence-electron chi connectivity index (χ1n) is 9.58. The number of piperidine rings is 2. The Bertz CT molecular complexity index is 742.